The Kier molecular flexibility index (Phi) is 4.86. The first kappa shape index (κ1) is 12.9. The van der Waals surface area contributed by atoms with Crippen molar-refractivity contribution >= 4 is 12.2 Å². The monoisotopic (exact) mass is 242 g/mol. The minimum atomic E-state index is -0.538. The molecule has 17 heavy (non-hydrogen) atoms. The van der Waals surface area contributed by atoms with Gasteiger partial charge in [-0.2, -0.15) is 0 Å². The number of furan rings is 1. The van der Waals surface area contributed by atoms with E-state index in [2.05, 4.69) is 10.6 Å². The molecule has 1 aromatic rings. The van der Waals surface area contributed by atoms with Crippen LogP contribution < -0.4 is 10.6 Å². The lowest BCUT2D eigenvalue weighted by Crippen LogP contribution is -2.20. The predicted molar refractivity (Wildman–Crippen MR) is 57.2 cm³/mol. The molecule has 2 amide bonds. The normalized spacial score (nSPS) is 9.53. The van der Waals surface area contributed by atoms with Crippen molar-refractivity contribution in [1.29, 1.82) is 0 Å². The molecule has 1 heterocycles. The van der Waals surface area contributed by atoms with Crippen molar-refractivity contribution in [3.05, 3.63) is 23.7 Å². The quantitative estimate of drug-likeness (QED) is 0.821. The fraction of sp³-hybridized carbons (Fsp3) is 0.400. The number of ether oxygens (including phenoxy) is 2. The van der Waals surface area contributed by atoms with Gasteiger partial charge in [-0.1, -0.05) is 0 Å². The molecule has 0 spiro atoms. The van der Waals surface area contributed by atoms with Crippen molar-refractivity contribution < 1.29 is 23.5 Å². The molecule has 7 heteroatoms. The summed E-state index contributed by atoms with van der Waals surface area (Å²) in [7, 11) is 2.93. The van der Waals surface area contributed by atoms with Gasteiger partial charge in [0.1, 0.15) is 13.2 Å². The minimum Gasteiger partial charge on any atom is -0.472 e. The van der Waals surface area contributed by atoms with Gasteiger partial charge in [-0.15, -0.1) is 0 Å². The number of nitrogens with one attached hydrogen (secondary N) is 2. The number of hydrogen-bond acceptors (Lipinski definition) is 5. The van der Waals surface area contributed by atoms with Crippen LogP contribution in [-0.2, 0) is 22.7 Å². The number of rotatable bonds is 4. The smallest absolute Gasteiger partial charge is 0.407 e. The third kappa shape index (κ3) is 4.06. The van der Waals surface area contributed by atoms with E-state index in [1.807, 2.05) is 0 Å². The molecule has 0 radical (unpaired) electrons. The van der Waals surface area contributed by atoms with Crippen LogP contribution in [0.15, 0.2) is 16.9 Å². The molecule has 0 saturated carbocycles. The van der Waals surface area contributed by atoms with Gasteiger partial charge in [0.15, 0.2) is 0 Å². The number of hydrogen-bond donors (Lipinski definition) is 2. The van der Waals surface area contributed by atoms with Crippen LogP contribution in [0.2, 0.25) is 0 Å². The first-order valence-corrected chi connectivity index (χ1v) is 4.90. The summed E-state index contributed by atoms with van der Waals surface area (Å²) in [4.78, 5) is 21.7. The van der Waals surface area contributed by atoms with E-state index < -0.39 is 12.2 Å². The SMILES string of the molecule is CNC(=O)OCc1cocc1COC(=O)NC. The van der Waals surface area contributed by atoms with Crippen molar-refractivity contribution in [2.75, 3.05) is 14.1 Å². The maximum atomic E-state index is 10.9. The van der Waals surface area contributed by atoms with Crippen LogP contribution in [0.1, 0.15) is 11.1 Å². The van der Waals surface area contributed by atoms with Gasteiger partial charge in [-0.25, -0.2) is 9.59 Å². The summed E-state index contributed by atoms with van der Waals surface area (Å²) in [5.74, 6) is 0. The van der Waals surface area contributed by atoms with Crippen molar-refractivity contribution in [2.45, 2.75) is 13.2 Å². The fourth-order valence-electron chi connectivity index (χ4n) is 1.03. The Hall–Kier alpha value is -2.18. The lowest BCUT2D eigenvalue weighted by Gasteiger charge is -2.05. The van der Waals surface area contributed by atoms with Gasteiger partial charge in [0.25, 0.3) is 0 Å². The summed E-state index contributed by atoms with van der Waals surface area (Å²) in [6, 6.07) is 0. The zero-order valence-electron chi connectivity index (χ0n) is 9.61. The highest BCUT2D eigenvalue weighted by Gasteiger charge is 2.09. The molecular formula is C10H14N2O5. The van der Waals surface area contributed by atoms with Crippen LogP contribution in [0.4, 0.5) is 9.59 Å². The molecular weight excluding hydrogens is 228 g/mol. The Bertz CT molecular complexity index is 353. The van der Waals surface area contributed by atoms with E-state index in [0.717, 1.165) is 0 Å². The van der Waals surface area contributed by atoms with Gasteiger partial charge in [0.2, 0.25) is 0 Å². The van der Waals surface area contributed by atoms with Crippen molar-refractivity contribution in [3.63, 3.8) is 0 Å². The van der Waals surface area contributed by atoms with E-state index in [9.17, 15) is 9.59 Å². The van der Waals surface area contributed by atoms with Gasteiger partial charge < -0.3 is 24.5 Å². The molecule has 2 N–H and O–H groups in total. The molecule has 0 aromatic carbocycles. The van der Waals surface area contributed by atoms with Crippen LogP contribution in [0, 0.1) is 0 Å². The molecule has 0 aliphatic rings. The van der Waals surface area contributed by atoms with E-state index in [-0.39, 0.29) is 13.2 Å². The summed E-state index contributed by atoms with van der Waals surface area (Å²) in [5.41, 5.74) is 1.30. The first-order chi connectivity index (χ1) is 8.17. The third-order valence-electron chi connectivity index (χ3n) is 1.96. The topological polar surface area (TPSA) is 89.8 Å². The third-order valence-corrected chi connectivity index (χ3v) is 1.96. The molecule has 1 aromatic heterocycles. The minimum absolute atomic E-state index is 0.0581. The van der Waals surface area contributed by atoms with Crippen molar-refractivity contribution in [1.82, 2.24) is 10.6 Å². The number of amides is 2. The highest BCUT2D eigenvalue weighted by molar-refractivity contribution is 5.67. The highest BCUT2D eigenvalue weighted by Crippen LogP contribution is 2.13. The van der Waals surface area contributed by atoms with Gasteiger partial charge in [0.05, 0.1) is 12.5 Å². The molecule has 0 aliphatic heterocycles. The van der Waals surface area contributed by atoms with Crippen molar-refractivity contribution in [3.8, 4) is 0 Å². The summed E-state index contributed by atoms with van der Waals surface area (Å²) in [6.45, 7) is 0.116. The van der Waals surface area contributed by atoms with Gasteiger partial charge in [-0.05, 0) is 0 Å². The Morgan fingerprint density at radius 2 is 1.47 bits per heavy atom. The molecule has 7 nitrogen and oxygen atoms in total. The van der Waals surface area contributed by atoms with Crippen LogP contribution in [0.3, 0.4) is 0 Å². The Labute approximate surface area is 98.1 Å². The standard InChI is InChI=1S/C10H14N2O5/c1-11-9(13)16-5-7-3-15-4-8(7)6-17-10(14)12-2/h3-4H,5-6H2,1-2H3,(H,11,13)(H,12,14). The Balaban J connectivity index is 2.48. The Morgan fingerprint density at radius 1 is 1.06 bits per heavy atom. The first-order valence-electron chi connectivity index (χ1n) is 4.90. The van der Waals surface area contributed by atoms with Crippen LogP contribution in [-0.4, -0.2) is 26.3 Å². The predicted octanol–water partition coefficient (Wildman–Crippen LogP) is 0.992. The fourth-order valence-corrected chi connectivity index (χ4v) is 1.03. The van der Waals surface area contributed by atoms with Gasteiger partial charge >= 0.3 is 12.2 Å². The highest BCUT2D eigenvalue weighted by atomic mass is 16.6. The average molecular weight is 242 g/mol. The molecule has 94 valence electrons. The molecule has 0 unspecified atom stereocenters. The number of carbonyl (C=O) groups excluding carboxylic acids is 2. The van der Waals surface area contributed by atoms with Crippen LogP contribution in [0.5, 0.6) is 0 Å². The summed E-state index contributed by atoms with van der Waals surface area (Å²) in [5, 5.41) is 4.64. The van der Waals surface area contributed by atoms with Crippen LogP contribution in [0.25, 0.3) is 0 Å². The van der Waals surface area contributed by atoms with E-state index in [1.165, 1.54) is 26.6 Å². The Morgan fingerprint density at radius 3 is 1.82 bits per heavy atom. The van der Waals surface area contributed by atoms with Crippen LogP contribution >= 0.6 is 0 Å². The molecule has 0 bridgehead atoms. The number of carbonyl (C=O) groups is 2. The summed E-state index contributed by atoms with van der Waals surface area (Å²) >= 11 is 0. The second-order valence-electron chi connectivity index (χ2n) is 3.07. The summed E-state index contributed by atoms with van der Waals surface area (Å²) < 4.78 is 14.6. The lowest BCUT2D eigenvalue weighted by atomic mass is 10.2. The average Bonchev–Trinajstić information content (AvgIpc) is 2.80. The second-order valence-corrected chi connectivity index (χ2v) is 3.07. The zero-order valence-corrected chi connectivity index (χ0v) is 9.61. The van der Waals surface area contributed by atoms with Crippen molar-refractivity contribution in [2.24, 2.45) is 0 Å². The second kappa shape index (κ2) is 6.41. The van der Waals surface area contributed by atoms with E-state index in [1.54, 1.807) is 0 Å². The molecule has 0 saturated heterocycles. The maximum Gasteiger partial charge on any atom is 0.407 e. The lowest BCUT2D eigenvalue weighted by molar-refractivity contribution is 0.134. The van der Waals surface area contributed by atoms with E-state index in [0.29, 0.717) is 11.1 Å². The molecule has 0 atom stereocenters. The summed E-state index contributed by atoms with van der Waals surface area (Å²) in [6.07, 6.45) is 1.80. The molecule has 1 rings (SSSR count). The number of alkyl carbamates (subject to hydrolysis) is 2. The van der Waals surface area contributed by atoms with E-state index >= 15 is 0 Å². The van der Waals surface area contributed by atoms with E-state index in [4.69, 9.17) is 13.9 Å². The zero-order chi connectivity index (χ0) is 12.7. The van der Waals surface area contributed by atoms with Gasteiger partial charge in [0, 0.05) is 25.2 Å². The maximum absolute atomic E-state index is 10.9. The van der Waals surface area contributed by atoms with Gasteiger partial charge in [-0.3, -0.25) is 0 Å². The molecule has 0 aliphatic carbocycles. The molecule has 0 fully saturated rings. The largest absolute Gasteiger partial charge is 0.472 e.